The maximum absolute atomic E-state index is 13.3. The van der Waals surface area contributed by atoms with Crippen molar-refractivity contribution in [2.45, 2.75) is 44.2 Å². The van der Waals surface area contributed by atoms with Crippen LogP contribution in [0, 0.1) is 5.82 Å². The molecule has 1 N–H and O–H groups in total. The maximum Gasteiger partial charge on any atom is 0.255 e. The molecule has 146 valence electrons. The highest BCUT2D eigenvalue weighted by atomic mass is 19.3. The van der Waals surface area contributed by atoms with E-state index < -0.39 is 5.92 Å². The van der Waals surface area contributed by atoms with Gasteiger partial charge in [0.1, 0.15) is 11.3 Å². The Kier molecular flexibility index (Phi) is 4.83. The Morgan fingerprint density at radius 3 is 2.61 bits per heavy atom. The van der Waals surface area contributed by atoms with Crippen LogP contribution in [-0.2, 0) is 6.54 Å². The first-order valence-electron chi connectivity index (χ1n) is 9.28. The lowest BCUT2D eigenvalue weighted by atomic mass is 9.92. The molecule has 1 aliphatic rings. The Labute approximate surface area is 160 Å². The van der Waals surface area contributed by atoms with Crippen molar-refractivity contribution >= 4 is 16.9 Å². The molecule has 1 saturated carbocycles. The fraction of sp³-hybridized carbons (Fsp3) is 0.333. The van der Waals surface area contributed by atoms with Crippen molar-refractivity contribution in [3.05, 3.63) is 65.7 Å². The van der Waals surface area contributed by atoms with Crippen LogP contribution < -0.4 is 5.32 Å². The first kappa shape index (κ1) is 18.5. The summed E-state index contributed by atoms with van der Waals surface area (Å²) < 4.78 is 41.7. The van der Waals surface area contributed by atoms with Gasteiger partial charge >= 0.3 is 0 Å². The van der Waals surface area contributed by atoms with Crippen LogP contribution in [0.1, 0.15) is 41.6 Å². The molecule has 1 aromatic carbocycles. The van der Waals surface area contributed by atoms with Gasteiger partial charge in [-0.2, -0.15) is 0 Å². The van der Waals surface area contributed by atoms with E-state index in [1.807, 2.05) is 10.6 Å². The van der Waals surface area contributed by atoms with Crippen molar-refractivity contribution in [1.82, 2.24) is 14.9 Å². The topological polar surface area (TPSA) is 46.9 Å². The Bertz CT molecular complexity index is 988. The fourth-order valence-electron chi connectivity index (χ4n) is 3.65. The number of alkyl halides is 2. The number of aromatic nitrogens is 2. The van der Waals surface area contributed by atoms with E-state index in [1.54, 1.807) is 30.6 Å². The van der Waals surface area contributed by atoms with Crippen LogP contribution in [0.25, 0.3) is 11.0 Å². The molecule has 7 heteroatoms. The molecule has 1 amide bonds. The average Bonchev–Trinajstić information content (AvgIpc) is 3.04. The van der Waals surface area contributed by atoms with Gasteiger partial charge in [0.05, 0.1) is 11.1 Å². The SMILES string of the molecule is O=C(NC1CCC(F)(F)CC1)c1cn(Cc2ccc(F)cc2)c2cccnc12. The number of carbonyl (C=O) groups excluding carboxylic acids is 1. The number of benzene rings is 1. The Balaban J connectivity index is 1.57. The van der Waals surface area contributed by atoms with Gasteiger partial charge in [-0.15, -0.1) is 0 Å². The van der Waals surface area contributed by atoms with E-state index in [-0.39, 0.29) is 43.4 Å². The molecule has 0 aliphatic heterocycles. The lowest BCUT2D eigenvalue weighted by Crippen LogP contribution is -2.40. The van der Waals surface area contributed by atoms with Crippen molar-refractivity contribution < 1.29 is 18.0 Å². The number of rotatable bonds is 4. The Hall–Kier alpha value is -2.83. The van der Waals surface area contributed by atoms with E-state index in [9.17, 15) is 18.0 Å². The highest BCUT2D eigenvalue weighted by Crippen LogP contribution is 2.33. The second kappa shape index (κ2) is 7.30. The third-order valence-electron chi connectivity index (χ3n) is 5.20. The summed E-state index contributed by atoms with van der Waals surface area (Å²) >= 11 is 0. The van der Waals surface area contributed by atoms with Gasteiger partial charge in [0.2, 0.25) is 5.92 Å². The van der Waals surface area contributed by atoms with Crippen LogP contribution in [0.4, 0.5) is 13.2 Å². The second-order valence-corrected chi connectivity index (χ2v) is 7.27. The van der Waals surface area contributed by atoms with Gasteiger partial charge in [0.25, 0.3) is 5.91 Å². The van der Waals surface area contributed by atoms with Crippen molar-refractivity contribution in [3.8, 4) is 0 Å². The van der Waals surface area contributed by atoms with Gasteiger partial charge < -0.3 is 9.88 Å². The molecule has 0 saturated heterocycles. The van der Waals surface area contributed by atoms with E-state index in [0.29, 0.717) is 17.6 Å². The molecule has 0 radical (unpaired) electrons. The summed E-state index contributed by atoms with van der Waals surface area (Å²) in [5.41, 5.74) is 2.65. The zero-order valence-corrected chi connectivity index (χ0v) is 15.2. The second-order valence-electron chi connectivity index (χ2n) is 7.27. The normalized spacial score (nSPS) is 17.0. The van der Waals surface area contributed by atoms with Crippen LogP contribution in [-0.4, -0.2) is 27.4 Å². The Morgan fingerprint density at radius 1 is 1.18 bits per heavy atom. The molecule has 2 heterocycles. The highest BCUT2D eigenvalue weighted by molar-refractivity contribution is 6.05. The molecule has 4 rings (SSSR count). The van der Waals surface area contributed by atoms with Crippen molar-refractivity contribution in [2.24, 2.45) is 0 Å². The third kappa shape index (κ3) is 3.88. The largest absolute Gasteiger partial charge is 0.349 e. The first-order valence-corrected chi connectivity index (χ1v) is 9.28. The number of pyridine rings is 1. The van der Waals surface area contributed by atoms with Gasteiger partial charge in [-0.25, -0.2) is 13.2 Å². The van der Waals surface area contributed by atoms with Crippen molar-refractivity contribution in [2.75, 3.05) is 0 Å². The number of nitrogens with one attached hydrogen (secondary N) is 1. The molecule has 28 heavy (non-hydrogen) atoms. The minimum atomic E-state index is -2.63. The van der Waals surface area contributed by atoms with Crippen LogP contribution >= 0.6 is 0 Å². The van der Waals surface area contributed by atoms with Gasteiger partial charge in [0, 0.05) is 37.8 Å². The number of carbonyl (C=O) groups is 1. The standard InChI is InChI=1S/C21H20F3N3O/c22-15-5-3-14(4-6-15)12-27-13-17(19-18(27)2-1-11-25-19)20(28)26-16-7-9-21(23,24)10-8-16/h1-6,11,13,16H,7-10,12H2,(H,26,28). The van der Waals surface area contributed by atoms with Crippen LogP contribution in [0.15, 0.2) is 48.8 Å². The lowest BCUT2D eigenvalue weighted by molar-refractivity contribution is -0.0399. The molecule has 4 nitrogen and oxygen atoms in total. The van der Waals surface area contributed by atoms with Crippen LogP contribution in [0.2, 0.25) is 0 Å². The number of halogens is 3. The predicted octanol–water partition coefficient (Wildman–Crippen LogP) is 4.53. The molecule has 0 atom stereocenters. The van der Waals surface area contributed by atoms with E-state index in [4.69, 9.17) is 0 Å². The predicted molar refractivity (Wildman–Crippen MR) is 99.9 cm³/mol. The number of fused-ring (bicyclic) bond motifs is 1. The lowest BCUT2D eigenvalue weighted by Gasteiger charge is -2.28. The Morgan fingerprint density at radius 2 is 1.89 bits per heavy atom. The molecular formula is C21H20F3N3O. The number of hydrogen-bond acceptors (Lipinski definition) is 2. The average molecular weight is 387 g/mol. The molecule has 1 aliphatic carbocycles. The molecule has 1 fully saturated rings. The maximum atomic E-state index is 13.3. The molecule has 3 aromatic rings. The van der Waals surface area contributed by atoms with Gasteiger partial charge in [-0.1, -0.05) is 12.1 Å². The zero-order valence-electron chi connectivity index (χ0n) is 15.2. The number of amides is 1. The summed E-state index contributed by atoms with van der Waals surface area (Å²) in [5, 5.41) is 2.87. The molecule has 0 bridgehead atoms. The van der Waals surface area contributed by atoms with Crippen molar-refractivity contribution in [3.63, 3.8) is 0 Å². The molecule has 0 unspecified atom stereocenters. The van der Waals surface area contributed by atoms with E-state index >= 15 is 0 Å². The number of nitrogens with zero attached hydrogens (tertiary/aromatic N) is 2. The summed E-state index contributed by atoms with van der Waals surface area (Å²) in [5.74, 6) is -3.24. The van der Waals surface area contributed by atoms with Gasteiger partial charge in [0.15, 0.2) is 0 Å². The number of hydrogen-bond donors (Lipinski definition) is 1. The molecule has 0 spiro atoms. The summed E-state index contributed by atoms with van der Waals surface area (Å²) in [4.78, 5) is 17.1. The van der Waals surface area contributed by atoms with Gasteiger partial charge in [-0.05, 0) is 42.7 Å². The van der Waals surface area contributed by atoms with E-state index in [0.717, 1.165) is 11.1 Å². The minimum absolute atomic E-state index is 0.206. The fourth-order valence-corrected chi connectivity index (χ4v) is 3.65. The zero-order chi connectivity index (χ0) is 19.7. The molecular weight excluding hydrogens is 367 g/mol. The summed E-state index contributed by atoms with van der Waals surface area (Å²) in [6.07, 6.45) is 3.45. The van der Waals surface area contributed by atoms with E-state index in [1.165, 1.54) is 12.1 Å². The van der Waals surface area contributed by atoms with Crippen LogP contribution in [0.5, 0.6) is 0 Å². The quantitative estimate of drug-likeness (QED) is 0.715. The smallest absolute Gasteiger partial charge is 0.255 e. The summed E-state index contributed by atoms with van der Waals surface area (Å²) in [6.45, 7) is 0.464. The van der Waals surface area contributed by atoms with Crippen LogP contribution in [0.3, 0.4) is 0 Å². The monoisotopic (exact) mass is 387 g/mol. The molecule has 2 aromatic heterocycles. The highest BCUT2D eigenvalue weighted by Gasteiger charge is 2.35. The minimum Gasteiger partial charge on any atom is -0.349 e. The summed E-state index contributed by atoms with van der Waals surface area (Å²) in [7, 11) is 0. The van der Waals surface area contributed by atoms with Crippen molar-refractivity contribution in [1.29, 1.82) is 0 Å². The van der Waals surface area contributed by atoms with E-state index in [2.05, 4.69) is 10.3 Å². The first-order chi connectivity index (χ1) is 13.4. The third-order valence-corrected chi connectivity index (χ3v) is 5.20. The summed E-state index contributed by atoms with van der Waals surface area (Å²) in [6, 6.07) is 9.57. The van der Waals surface area contributed by atoms with Gasteiger partial charge in [-0.3, -0.25) is 9.78 Å².